The lowest BCUT2D eigenvalue weighted by atomic mass is 10.2. The summed E-state index contributed by atoms with van der Waals surface area (Å²) >= 11 is 0. The van der Waals surface area contributed by atoms with Crippen LogP contribution in [-0.2, 0) is 11.3 Å². The molecule has 0 aliphatic rings. The van der Waals surface area contributed by atoms with E-state index < -0.39 is 0 Å². The van der Waals surface area contributed by atoms with Crippen molar-refractivity contribution in [3.05, 3.63) is 23.4 Å². The van der Waals surface area contributed by atoms with Gasteiger partial charge in [0.15, 0.2) is 0 Å². The average Bonchev–Trinajstić information content (AvgIpc) is 2.23. The Balaban J connectivity index is 2.49. The quantitative estimate of drug-likeness (QED) is 0.718. The van der Waals surface area contributed by atoms with Gasteiger partial charge in [-0.3, -0.25) is 0 Å². The van der Waals surface area contributed by atoms with Crippen LogP contribution in [0.2, 0.25) is 0 Å². The summed E-state index contributed by atoms with van der Waals surface area (Å²) in [5, 5.41) is 0. The van der Waals surface area contributed by atoms with Crippen LogP contribution in [0, 0.1) is 6.92 Å². The fourth-order valence-corrected chi connectivity index (χ4v) is 1.25. The molecule has 84 valence electrons. The first-order valence-corrected chi connectivity index (χ1v) is 5.14. The Morgan fingerprint density at radius 2 is 2.13 bits per heavy atom. The van der Waals surface area contributed by atoms with Crippen molar-refractivity contribution in [3.63, 3.8) is 0 Å². The maximum atomic E-state index is 5.56. The predicted octanol–water partition coefficient (Wildman–Crippen LogP) is 1.26. The van der Waals surface area contributed by atoms with Gasteiger partial charge in [0, 0.05) is 24.9 Å². The Hall–Kier alpha value is -1.13. The van der Waals surface area contributed by atoms with Crippen LogP contribution in [-0.4, -0.2) is 24.8 Å². The topological polar surface area (TPSA) is 57.4 Å². The molecule has 4 nitrogen and oxygen atoms in total. The van der Waals surface area contributed by atoms with E-state index in [1.165, 1.54) is 0 Å². The van der Waals surface area contributed by atoms with E-state index in [-0.39, 0.29) is 0 Å². The fraction of sp³-hybridized carbons (Fsp3) is 0.545. The summed E-state index contributed by atoms with van der Waals surface area (Å²) in [7, 11) is 0. The Morgan fingerprint density at radius 1 is 1.33 bits per heavy atom. The number of ether oxygens (including phenoxy) is 2. The first-order valence-electron chi connectivity index (χ1n) is 5.14. The Kier molecular flexibility index (Phi) is 5.07. The summed E-state index contributed by atoms with van der Waals surface area (Å²) in [6.07, 6.45) is 0. The molecular formula is C11H18N2O2. The molecule has 0 spiro atoms. The van der Waals surface area contributed by atoms with Gasteiger partial charge in [-0.25, -0.2) is 4.98 Å². The highest BCUT2D eigenvalue weighted by atomic mass is 16.5. The zero-order valence-corrected chi connectivity index (χ0v) is 9.32. The Morgan fingerprint density at radius 3 is 2.80 bits per heavy atom. The molecule has 2 N–H and O–H groups in total. The van der Waals surface area contributed by atoms with Gasteiger partial charge in [0.25, 0.3) is 0 Å². The van der Waals surface area contributed by atoms with Gasteiger partial charge in [-0.15, -0.1) is 0 Å². The average molecular weight is 210 g/mol. The van der Waals surface area contributed by atoms with Crippen molar-refractivity contribution in [3.8, 4) is 5.88 Å². The van der Waals surface area contributed by atoms with Gasteiger partial charge in [-0.1, -0.05) is 0 Å². The number of nitrogens with zero attached hydrogens (tertiary/aromatic N) is 1. The molecular weight excluding hydrogens is 192 g/mol. The van der Waals surface area contributed by atoms with Gasteiger partial charge in [0.2, 0.25) is 5.88 Å². The van der Waals surface area contributed by atoms with E-state index in [1.54, 1.807) is 0 Å². The molecule has 0 aliphatic heterocycles. The lowest BCUT2D eigenvalue weighted by Crippen LogP contribution is -2.08. The van der Waals surface area contributed by atoms with Gasteiger partial charge in [-0.2, -0.15) is 0 Å². The zero-order valence-electron chi connectivity index (χ0n) is 9.32. The molecule has 0 unspecified atom stereocenters. The van der Waals surface area contributed by atoms with Crippen LogP contribution in [0.4, 0.5) is 0 Å². The monoisotopic (exact) mass is 210 g/mol. The van der Waals surface area contributed by atoms with E-state index in [4.69, 9.17) is 15.2 Å². The van der Waals surface area contributed by atoms with E-state index in [2.05, 4.69) is 4.98 Å². The highest BCUT2D eigenvalue weighted by molar-refractivity contribution is 5.24. The van der Waals surface area contributed by atoms with Crippen molar-refractivity contribution in [1.29, 1.82) is 0 Å². The van der Waals surface area contributed by atoms with Crippen LogP contribution < -0.4 is 10.5 Å². The van der Waals surface area contributed by atoms with Gasteiger partial charge < -0.3 is 15.2 Å². The summed E-state index contributed by atoms with van der Waals surface area (Å²) in [4.78, 5) is 4.25. The maximum Gasteiger partial charge on any atom is 0.213 e. The number of hydrogen-bond donors (Lipinski definition) is 1. The van der Waals surface area contributed by atoms with E-state index >= 15 is 0 Å². The standard InChI is InChI=1S/C11H18N2O2/c1-3-14-4-5-15-11-7-10(8-12)6-9(2)13-11/h6-7H,3-5,8,12H2,1-2H3. The smallest absolute Gasteiger partial charge is 0.213 e. The van der Waals surface area contributed by atoms with Crippen molar-refractivity contribution in [2.75, 3.05) is 19.8 Å². The molecule has 0 bridgehead atoms. The summed E-state index contributed by atoms with van der Waals surface area (Å²) in [5.74, 6) is 0.621. The van der Waals surface area contributed by atoms with E-state index in [0.29, 0.717) is 32.2 Å². The molecule has 1 heterocycles. The van der Waals surface area contributed by atoms with Gasteiger partial charge >= 0.3 is 0 Å². The molecule has 1 aromatic rings. The van der Waals surface area contributed by atoms with Gasteiger partial charge in [-0.05, 0) is 25.5 Å². The van der Waals surface area contributed by atoms with Crippen molar-refractivity contribution in [2.45, 2.75) is 20.4 Å². The fourth-order valence-electron chi connectivity index (χ4n) is 1.25. The molecule has 0 amide bonds. The molecule has 1 rings (SSSR count). The Bertz CT molecular complexity index is 303. The van der Waals surface area contributed by atoms with Crippen LogP contribution in [0.1, 0.15) is 18.2 Å². The van der Waals surface area contributed by atoms with Crippen LogP contribution in [0.25, 0.3) is 0 Å². The number of hydrogen-bond acceptors (Lipinski definition) is 4. The van der Waals surface area contributed by atoms with Crippen molar-refractivity contribution in [2.24, 2.45) is 5.73 Å². The summed E-state index contributed by atoms with van der Waals surface area (Å²) in [6, 6.07) is 3.81. The lowest BCUT2D eigenvalue weighted by molar-refractivity contribution is 0.108. The normalized spacial score (nSPS) is 10.3. The van der Waals surface area contributed by atoms with E-state index in [9.17, 15) is 0 Å². The molecule has 15 heavy (non-hydrogen) atoms. The first-order chi connectivity index (χ1) is 7.26. The van der Waals surface area contributed by atoms with Crippen LogP contribution in [0.5, 0.6) is 5.88 Å². The highest BCUT2D eigenvalue weighted by Gasteiger charge is 1.99. The third kappa shape index (κ3) is 4.27. The number of aromatic nitrogens is 1. The third-order valence-corrected chi connectivity index (χ3v) is 1.91. The highest BCUT2D eigenvalue weighted by Crippen LogP contribution is 2.11. The predicted molar refractivity (Wildman–Crippen MR) is 58.9 cm³/mol. The maximum absolute atomic E-state index is 5.56. The molecule has 4 heteroatoms. The number of pyridine rings is 1. The lowest BCUT2D eigenvalue weighted by Gasteiger charge is -2.07. The minimum Gasteiger partial charge on any atom is -0.475 e. The van der Waals surface area contributed by atoms with E-state index in [0.717, 1.165) is 11.3 Å². The largest absolute Gasteiger partial charge is 0.475 e. The minimum atomic E-state index is 0.505. The molecule has 0 saturated heterocycles. The minimum absolute atomic E-state index is 0.505. The summed E-state index contributed by atoms with van der Waals surface area (Å²) < 4.78 is 10.6. The van der Waals surface area contributed by atoms with Gasteiger partial charge in [0.1, 0.15) is 6.61 Å². The second-order valence-corrected chi connectivity index (χ2v) is 3.20. The van der Waals surface area contributed by atoms with Crippen LogP contribution in [0.3, 0.4) is 0 Å². The number of aryl methyl sites for hydroxylation is 1. The Labute approximate surface area is 90.4 Å². The van der Waals surface area contributed by atoms with Gasteiger partial charge in [0.05, 0.1) is 6.61 Å². The van der Waals surface area contributed by atoms with E-state index in [1.807, 2.05) is 26.0 Å². The van der Waals surface area contributed by atoms with Crippen molar-refractivity contribution < 1.29 is 9.47 Å². The summed E-state index contributed by atoms with van der Waals surface area (Å²) in [5.41, 5.74) is 7.51. The molecule has 0 atom stereocenters. The number of rotatable bonds is 6. The molecule has 0 saturated carbocycles. The second kappa shape index (κ2) is 6.37. The molecule has 0 aromatic carbocycles. The molecule has 0 aliphatic carbocycles. The van der Waals surface area contributed by atoms with Crippen molar-refractivity contribution >= 4 is 0 Å². The molecule has 0 radical (unpaired) electrons. The first kappa shape index (κ1) is 11.9. The van der Waals surface area contributed by atoms with Crippen LogP contribution in [0.15, 0.2) is 12.1 Å². The number of nitrogens with two attached hydrogens (primary N) is 1. The molecule has 0 fully saturated rings. The van der Waals surface area contributed by atoms with Crippen molar-refractivity contribution in [1.82, 2.24) is 4.98 Å². The zero-order chi connectivity index (χ0) is 11.1. The summed E-state index contributed by atoms with van der Waals surface area (Å²) in [6.45, 7) is 6.20. The van der Waals surface area contributed by atoms with Crippen LogP contribution >= 0.6 is 0 Å². The second-order valence-electron chi connectivity index (χ2n) is 3.20. The molecule has 1 aromatic heterocycles. The third-order valence-electron chi connectivity index (χ3n) is 1.91. The SMILES string of the molecule is CCOCCOc1cc(CN)cc(C)n1.